The SMILES string of the molecule is O=C(NN1C(=O)[C@@H]2[C@H](C1=O)C1(Cl)c3ccccc3C2(Cl)c2ccccc21)c1ccccc1Cl. The van der Waals surface area contributed by atoms with Crippen molar-refractivity contribution in [2.45, 2.75) is 9.75 Å². The van der Waals surface area contributed by atoms with E-state index < -0.39 is 39.3 Å². The van der Waals surface area contributed by atoms with E-state index in [1.165, 1.54) is 6.07 Å². The van der Waals surface area contributed by atoms with Crippen LogP contribution < -0.4 is 5.43 Å². The number of nitrogens with one attached hydrogen (secondary N) is 1. The Hall–Kier alpha value is -2.86. The second kappa shape index (κ2) is 6.83. The molecule has 3 aliphatic carbocycles. The number of rotatable bonds is 2. The highest BCUT2D eigenvalue weighted by Crippen LogP contribution is 2.69. The number of hydrogen-bond donors (Lipinski definition) is 1. The first-order chi connectivity index (χ1) is 15.8. The van der Waals surface area contributed by atoms with Crippen LogP contribution in [-0.2, 0) is 19.3 Å². The van der Waals surface area contributed by atoms with Crippen LogP contribution in [0.15, 0.2) is 72.8 Å². The van der Waals surface area contributed by atoms with Crippen LogP contribution in [0.2, 0.25) is 5.02 Å². The van der Waals surface area contributed by atoms with Gasteiger partial charge in [-0.1, -0.05) is 72.3 Å². The number of alkyl halides is 2. The van der Waals surface area contributed by atoms with E-state index in [2.05, 4.69) is 5.43 Å². The average Bonchev–Trinajstić information content (AvgIpc) is 3.08. The monoisotopic (exact) mass is 496 g/mol. The molecule has 3 aromatic carbocycles. The Balaban J connectivity index is 1.51. The molecule has 5 nitrogen and oxygen atoms in total. The number of hydrogen-bond acceptors (Lipinski definition) is 3. The van der Waals surface area contributed by atoms with E-state index in [0.29, 0.717) is 22.3 Å². The van der Waals surface area contributed by atoms with Crippen LogP contribution in [0.25, 0.3) is 0 Å². The van der Waals surface area contributed by atoms with Gasteiger partial charge in [0.25, 0.3) is 17.7 Å². The second-order valence-corrected chi connectivity index (χ2v) is 10.0. The summed E-state index contributed by atoms with van der Waals surface area (Å²) in [6, 6.07) is 21.1. The average molecular weight is 498 g/mol. The molecule has 3 amide bonds. The van der Waals surface area contributed by atoms with Gasteiger partial charge in [0.05, 0.1) is 22.4 Å². The fourth-order valence-corrected chi connectivity index (χ4v) is 6.90. The molecule has 164 valence electrons. The largest absolute Gasteiger partial charge is 0.272 e. The Morgan fingerprint density at radius 2 is 1.12 bits per heavy atom. The second-order valence-electron chi connectivity index (χ2n) is 8.40. The van der Waals surface area contributed by atoms with E-state index in [4.69, 9.17) is 34.8 Å². The van der Waals surface area contributed by atoms with Gasteiger partial charge >= 0.3 is 0 Å². The summed E-state index contributed by atoms with van der Waals surface area (Å²) in [5.74, 6) is -3.85. The maximum absolute atomic E-state index is 13.7. The van der Waals surface area contributed by atoms with Gasteiger partial charge in [0.15, 0.2) is 0 Å². The van der Waals surface area contributed by atoms with Crippen LogP contribution in [-0.4, -0.2) is 22.7 Å². The number of amides is 3. The van der Waals surface area contributed by atoms with E-state index >= 15 is 0 Å². The van der Waals surface area contributed by atoms with Crippen molar-refractivity contribution in [1.82, 2.24) is 10.4 Å². The third-order valence-electron chi connectivity index (χ3n) is 6.92. The molecular weight excluding hydrogens is 483 g/mol. The van der Waals surface area contributed by atoms with E-state index in [1.54, 1.807) is 18.2 Å². The molecule has 2 atom stereocenters. The highest BCUT2D eigenvalue weighted by molar-refractivity contribution is 6.36. The lowest BCUT2D eigenvalue weighted by atomic mass is 9.54. The summed E-state index contributed by atoms with van der Waals surface area (Å²) in [6.45, 7) is 0. The van der Waals surface area contributed by atoms with Crippen LogP contribution >= 0.6 is 34.8 Å². The summed E-state index contributed by atoms with van der Waals surface area (Å²) in [7, 11) is 0. The maximum Gasteiger partial charge on any atom is 0.271 e. The molecule has 33 heavy (non-hydrogen) atoms. The minimum atomic E-state index is -1.30. The zero-order valence-electron chi connectivity index (χ0n) is 16.9. The van der Waals surface area contributed by atoms with Crippen molar-refractivity contribution >= 4 is 52.5 Å². The Kier molecular flexibility index (Phi) is 4.29. The summed E-state index contributed by atoms with van der Waals surface area (Å²) in [6.07, 6.45) is 0. The zero-order valence-corrected chi connectivity index (χ0v) is 19.2. The molecule has 0 saturated carbocycles. The summed E-state index contributed by atoms with van der Waals surface area (Å²) in [5.41, 5.74) is 5.37. The molecule has 0 unspecified atom stereocenters. The molecular formula is C25H15Cl3N2O3. The first-order valence-corrected chi connectivity index (χ1v) is 11.5. The molecule has 1 N–H and O–H groups in total. The molecule has 2 bridgehead atoms. The summed E-state index contributed by atoms with van der Waals surface area (Å²) >= 11 is 20.8. The highest BCUT2D eigenvalue weighted by Gasteiger charge is 2.73. The lowest BCUT2D eigenvalue weighted by molar-refractivity contribution is -0.142. The van der Waals surface area contributed by atoms with Gasteiger partial charge in [-0.25, -0.2) is 0 Å². The predicted molar refractivity (Wildman–Crippen MR) is 124 cm³/mol. The summed E-state index contributed by atoms with van der Waals surface area (Å²) < 4.78 is 0. The van der Waals surface area contributed by atoms with Gasteiger partial charge in [-0.2, -0.15) is 5.01 Å². The number of hydrazine groups is 1. The van der Waals surface area contributed by atoms with Crippen LogP contribution in [0.3, 0.4) is 0 Å². The fourth-order valence-electron chi connectivity index (χ4n) is 5.58. The molecule has 0 radical (unpaired) electrons. The number of carbonyl (C=O) groups excluding carboxylic acids is 3. The summed E-state index contributed by atoms with van der Waals surface area (Å²) in [5, 5.41) is 0.960. The molecule has 7 rings (SSSR count). The summed E-state index contributed by atoms with van der Waals surface area (Å²) in [4.78, 5) is 37.6. The Labute approximate surface area is 204 Å². The number of carbonyl (C=O) groups is 3. The van der Waals surface area contributed by atoms with Crippen molar-refractivity contribution in [3.8, 4) is 0 Å². The molecule has 1 heterocycles. The van der Waals surface area contributed by atoms with Crippen LogP contribution in [0, 0.1) is 11.8 Å². The molecule has 1 saturated heterocycles. The Morgan fingerprint density at radius 3 is 1.55 bits per heavy atom. The van der Waals surface area contributed by atoms with E-state index in [-0.39, 0.29) is 10.6 Å². The third-order valence-corrected chi connectivity index (χ3v) is 8.53. The van der Waals surface area contributed by atoms with Gasteiger partial charge in [0, 0.05) is 0 Å². The maximum atomic E-state index is 13.7. The zero-order chi connectivity index (χ0) is 23.1. The van der Waals surface area contributed by atoms with Gasteiger partial charge in [-0.05, 0) is 34.4 Å². The van der Waals surface area contributed by atoms with Gasteiger partial charge in [-0.15, -0.1) is 23.2 Å². The lowest BCUT2D eigenvalue weighted by Crippen LogP contribution is -2.57. The molecule has 8 heteroatoms. The van der Waals surface area contributed by atoms with Crippen molar-refractivity contribution in [3.05, 3.63) is 106 Å². The number of halogens is 3. The molecule has 0 spiro atoms. The lowest BCUT2D eigenvalue weighted by Gasteiger charge is -2.54. The minimum absolute atomic E-state index is 0.144. The predicted octanol–water partition coefficient (Wildman–Crippen LogP) is 4.58. The van der Waals surface area contributed by atoms with Crippen molar-refractivity contribution in [2.24, 2.45) is 11.8 Å². The van der Waals surface area contributed by atoms with Crippen molar-refractivity contribution < 1.29 is 14.4 Å². The molecule has 1 aliphatic heterocycles. The van der Waals surface area contributed by atoms with Gasteiger partial charge in [-0.3, -0.25) is 19.8 Å². The van der Waals surface area contributed by atoms with Gasteiger partial charge in [0.1, 0.15) is 9.75 Å². The normalized spacial score (nSPS) is 28.9. The van der Waals surface area contributed by atoms with Crippen LogP contribution in [0.1, 0.15) is 32.6 Å². The molecule has 0 aromatic heterocycles. The molecule has 4 aliphatic rings. The number of benzene rings is 3. The van der Waals surface area contributed by atoms with Crippen LogP contribution in [0.4, 0.5) is 0 Å². The minimum Gasteiger partial charge on any atom is -0.272 e. The molecule has 1 fully saturated rings. The first kappa shape index (κ1) is 20.7. The number of imide groups is 1. The first-order valence-electron chi connectivity index (χ1n) is 10.3. The van der Waals surface area contributed by atoms with Crippen LogP contribution in [0.5, 0.6) is 0 Å². The van der Waals surface area contributed by atoms with Gasteiger partial charge < -0.3 is 0 Å². The van der Waals surface area contributed by atoms with Crippen molar-refractivity contribution in [2.75, 3.05) is 0 Å². The van der Waals surface area contributed by atoms with E-state index in [1.807, 2.05) is 48.5 Å². The van der Waals surface area contributed by atoms with E-state index in [9.17, 15) is 14.4 Å². The van der Waals surface area contributed by atoms with Gasteiger partial charge in [0.2, 0.25) is 0 Å². The Morgan fingerprint density at radius 1 is 0.727 bits per heavy atom. The topological polar surface area (TPSA) is 66.5 Å². The smallest absolute Gasteiger partial charge is 0.271 e. The fraction of sp³-hybridized carbons (Fsp3) is 0.160. The highest BCUT2D eigenvalue weighted by atomic mass is 35.5. The molecule has 3 aromatic rings. The third kappa shape index (κ3) is 2.42. The quantitative estimate of drug-likeness (QED) is 0.416. The standard InChI is InChI=1S/C25H15Cl3N2O3/c26-18-12-6-1-7-13(18)21(31)29-30-22(32)19-20(23(30)33)25(28)15-9-3-2-8-14(15)24(19,27)16-10-4-5-11-17(16)25/h1-12,19-20H,(H,29,31)/t19-,20+,24?,25?. The number of nitrogens with zero attached hydrogens (tertiary/aromatic N) is 1. The van der Waals surface area contributed by atoms with Crippen molar-refractivity contribution in [3.63, 3.8) is 0 Å². The van der Waals surface area contributed by atoms with Crippen molar-refractivity contribution in [1.29, 1.82) is 0 Å². The van der Waals surface area contributed by atoms with E-state index in [0.717, 1.165) is 5.01 Å². The Bertz CT molecular complexity index is 1270.